The summed E-state index contributed by atoms with van der Waals surface area (Å²) in [5.74, 6) is 0.0377. The maximum Gasteiger partial charge on any atom is 0.254 e. The molecule has 1 heterocycles. The maximum atomic E-state index is 12.6. The molecule has 2 aromatic rings. The summed E-state index contributed by atoms with van der Waals surface area (Å²) in [5.41, 5.74) is 2.58. The first kappa shape index (κ1) is 17.9. The number of rotatable bonds is 3. The van der Waals surface area contributed by atoms with E-state index in [1.807, 2.05) is 60.4 Å². The minimum Gasteiger partial charge on any atom is -0.349 e. The van der Waals surface area contributed by atoms with Crippen molar-refractivity contribution in [3.63, 3.8) is 0 Å². The monoisotopic (exact) mass is 448 g/mol. The van der Waals surface area contributed by atoms with Gasteiger partial charge in [0, 0.05) is 28.3 Å². The summed E-state index contributed by atoms with van der Waals surface area (Å²) in [4.78, 5) is 26.8. The number of aryl methyl sites for hydroxylation is 1. The van der Waals surface area contributed by atoms with Crippen LogP contribution in [0.2, 0.25) is 0 Å². The Morgan fingerprint density at radius 2 is 1.68 bits per heavy atom. The van der Waals surface area contributed by atoms with Gasteiger partial charge in [0.2, 0.25) is 0 Å². The molecule has 1 saturated heterocycles. The Balaban J connectivity index is 1.55. The van der Waals surface area contributed by atoms with E-state index < -0.39 is 0 Å². The molecule has 0 aromatic heterocycles. The zero-order valence-electron chi connectivity index (χ0n) is 14.2. The van der Waals surface area contributed by atoms with Gasteiger partial charge in [0.1, 0.15) is 0 Å². The lowest BCUT2D eigenvalue weighted by atomic mass is 10.0. The Morgan fingerprint density at radius 1 is 1.04 bits per heavy atom. The van der Waals surface area contributed by atoms with Crippen molar-refractivity contribution in [2.24, 2.45) is 0 Å². The Bertz CT molecular complexity index is 766. The fraction of sp³-hybridized carbons (Fsp3) is 0.300. The SMILES string of the molecule is Cc1ccc(C(=O)NC2CCN(C(=O)c3ccccc3I)CC2)cc1. The highest BCUT2D eigenvalue weighted by atomic mass is 127. The lowest BCUT2D eigenvalue weighted by molar-refractivity contribution is 0.0697. The van der Waals surface area contributed by atoms with Crippen LogP contribution in [0.3, 0.4) is 0 Å². The van der Waals surface area contributed by atoms with Gasteiger partial charge in [0.25, 0.3) is 11.8 Å². The van der Waals surface area contributed by atoms with E-state index in [1.165, 1.54) is 0 Å². The van der Waals surface area contributed by atoms with Crippen molar-refractivity contribution in [1.29, 1.82) is 0 Å². The summed E-state index contributed by atoms with van der Waals surface area (Å²) in [5, 5.41) is 3.09. The molecule has 0 unspecified atom stereocenters. The fourth-order valence-corrected chi connectivity index (χ4v) is 3.62. The molecule has 130 valence electrons. The maximum absolute atomic E-state index is 12.6. The Kier molecular flexibility index (Phi) is 5.73. The van der Waals surface area contributed by atoms with Crippen LogP contribution in [0, 0.1) is 10.5 Å². The number of carbonyl (C=O) groups excluding carboxylic acids is 2. The van der Waals surface area contributed by atoms with Crippen molar-refractivity contribution >= 4 is 34.4 Å². The number of nitrogens with one attached hydrogen (secondary N) is 1. The summed E-state index contributed by atoms with van der Waals surface area (Å²) in [6.07, 6.45) is 1.57. The average Bonchev–Trinajstić information content (AvgIpc) is 2.63. The smallest absolute Gasteiger partial charge is 0.254 e. The highest BCUT2D eigenvalue weighted by Crippen LogP contribution is 2.18. The molecular formula is C20H21IN2O2. The average molecular weight is 448 g/mol. The number of nitrogens with zero attached hydrogens (tertiary/aromatic N) is 1. The largest absolute Gasteiger partial charge is 0.349 e. The molecule has 0 saturated carbocycles. The molecule has 5 heteroatoms. The lowest BCUT2D eigenvalue weighted by Gasteiger charge is -2.32. The number of carbonyl (C=O) groups is 2. The molecule has 1 aliphatic rings. The van der Waals surface area contributed by atoms with Gasteiger partial charge in [-0.3, -0.25) is 9.59 Å². The Labute approximate surface area is 161 Å². The van der Waals surface area contributed by atoms with Crippen LogP contribution in [0.5, 0.6) is 0 Å². The molecule has 3 rings (SSSR count). The number of halogens is 1. The number of hydrogen-bond acceptors (Lipinski definition) is 2. The lowest BCUT2D eigenvalue weighted by Crippen LogP contribution is -2.46. The third-order valence-corrected chi connectivity index (χ3v) is 5.48. The highest BCUT2D eigenvalue weighted by Gasteiger charge is 2.25. The molecule has 2 aromatic carbocycles. The quantitative estimate of drug-likeness (QED) is 0.730. The van der Waals surface area contributed by atoms with Gasteiger partial charge >= 0.3 is 0 Å². The van der Waals surface area contributed by atoms with Crippen molar-refractivity contribution in [2.45, 2.75) is 25.8 Å². The van der Waals surface area contributed by atoms with E-state index >= 15 is 0 Å². The first-order valence-electron chi connectivity index (χ1n) is 8.46. The molecule has 0 bridgehead atoms. The summed E-state index contributed by atoms with van der Waals surface area (Å²) in [7, 11) is 0. The van der Waals surface area contributed by atoms with Crippen molar-refractivity contribution in [2.75, 3.05) is 13.1 Å². The number of likely N-dealkylation sites (tertiary alicyclic amines) is 1. The van der Waals surface area contributed by atoms with Crippen molar-refractivity contribution in [3.05, 3.63) is 68.8 Å². The van der Waals surface area contributed by atoms with Crippen LogP contribution in [0.1, 0.15) is 39.1 Å². The summed E-state index contributed by atoms with van der Waals surface area (Å²) in [6.45, 7) is 3.34. The second kappa shape index (κ2) is 7.99. The summed E-state index contributed by atoms with van der Waals surface area (Å²) >= 11 is 2.20. The fourth-order valence-electron chi connectivity index (χ4n) is 3.01. The third kappa shape index (κ3) is 4.39. The minimum atomic E-state index is -0.0395. The molecular weight excluding hydrogens is 427 g/mol. The van der Waals surface area contributed by atoms with E-state index in [-0.39, 0.29) is 17.9 Å². The molecule has 0 spiro atoms. The zero-order chi connectivity index (χ0) is 17.8. The second-order valence-electron chi connectivity index (χ2n) is 6.39. The Morgan fingerprint density at radius 3 is 2.32 bits per heavy atom. The van der Waals surface area contributed by atoms with Gasteiger partial charge < -0.3 is 10.2 Å². The van der Waals surface area contributed by atoms with Crippen LogP contribution >= 0.6 is 22.6 Å². The third-order valence-electron chi connectivity index (χ3n) is 4.54. The Hall–Kier alpha value is -1.89. The number of amides is 2. The molecule has 1 aliphatic heterocycles. The van der Waals surface area contributed by atoms with Gasteiger partial charge in [0.15, 0.2) is 0 Å². The summed E-state index contributed by atoms with van der Waals surface area (Å²) < 4.78 is 0.972. The molecule has 0 radical (unpaired) electrons. The van der Waals surface area contributed by atoms with Crippen molar-refractivity contribution in [3.8, 4) is 0 Å². The van der Waals surface area contributed by atoms with Crippen molar-refractivity contribution < 1.29 is 9.59 Å². The number of hydrogen-bond donors (Lipinski definition) is 1. The van der Waals surface area contributed by atoms with Gasteiger partial charge in [-0.2, -0.15) is 0 Å². The van der Waals surface area contributed by atoms with Gasteiger partial charge in [0.05, 0.1) is 5.56 Å². The molecule has 0 atom stereocenters. The molecule has 25 heavy (non-hydrogen) atoms. The molecule has 2 amide bonds. The van der Waals surface area contributed by atoms with Crippen LogP contribution in [0.15, 0.2) is 48.5 Å². The first-order valence-corrected chi connectivity index (χ1v) is 9.54. The van der Waals surface area contributed by atoms with Crippen LogP contribution in [-0.4, -0.2) is 35.8 Å². The van der Waals surface area contributed by atoms with E-state index in [1.54, 1.807) is 0 Å². The molecule has 0 aliphatic carbocycles. The van der Waals surface area contributed by atoms with E-state index in [2.05, 4.69) is 27.9 Å². The van der Waals surface area contributed by atoms with Gasteiger partial charge in [-0.25, -0.2) is 0 Å². The van der Waals surface area contributed by atoms with Crippen LogP contribution in [0.4, 0.5) is 0 Å². The predicted octanol–water partition coefficient (Wildman–Crippen LogP) is 3.63. The van der Waals surface area contributed by atoms with E-state index in [0.29, 0.717) is 18.7 Å². The van der Waals surface area contributed by atoms with Gasteiger partial charge in [-0.1, -0.05) is 29.8 Å². The topological polar surface area (TPSA) is 49.4 Å². The zero-order valence-corrected chi connectivity index (χ0v) is 16.3. The highest BCUT2D eigenvalue weighted by molar-refractivity contribution is 14.1. The van der Waals surface area contributed by atoms with E-state index in [0.717, 1.165) is 27.5 Å². The predicted molar refractivity (Wildman–Crippen MR) is 107 cm³/mol. The number of piperidine rings is 1. The standard InChI is InChI=1S/C20H21IN2O2/c1-14-6-8-15(9-7-14)19(24)22-16-10-12-23(13-11-16)20(25)17-4-2-3-5-18(17)21/h2-9,16H,10-13H2,1H3,(H,22,24). The normalized spacial score (nSPS) is 15.0. The minimum absolute atomic E-state index is 0.0395. The van der Waals surface area contributed by atoms with E-state index in [4.69, 9.17) is 0 Å². The van der Waals surface area contributed by atoms with E-state index in [9.17, 15) is 9.59 Å². The molecule has 4 nitrogen and oxygen atoms in total. The van der Waals surface area contributed by atoms with Crippen LogP contribution in [0.25, 0.3) is 0 Å². The first-order chi connectivity index (χ1) is 12.0. The molecule has 1 N–H and O–H groups in total. The van der Waals surface area contributed by atoms with Crippen LogP contribution < -0.4 is 5.32 Å². The van der Waals surface area contributed by atoms with Crippen LogP contribution in [-0.2, 0) is 0 Å². The molecule has 1 fully saturated rings. The van der Waals surface area contributed by atoms with Gasteiger partial charge in [-0.05, 0) is 66.6 Å². The van der Waals surface area contributed by atoms with Gasteiger partial charge in [-0.15, -0.1) is 0 Å². The second-order valence-corrected chi connectivity index (χ2v) is 7.55. The number of benzene rings is 2. The summed E-state index contributed by atoms with van der Waals surface area (Å²) in [6, 6.07) is 15.3. The van der Waals surface area contributed by atoms with Crippen molar-refractivity contribution in [1.82, 2.24) is 10.2 Å².